The van der Waals surface area contributed by atoms with Gasteiger partial charge in [-0.05, 0) is 18.3 Å². The Hall–Kier alpha value is -2.34. The molecule has 5 unspecified atom stereocenters. The molecule has 0 spiro atoms. The zero-order chi connectivity index (χ0) is 24.3. The van der Waals surface area contributed by atoms with Gasteiger partial charge in [0.2, 0.25) is 23.6 Å². The molecule has 0 bridgehead atoms. The second-order valence-electron chi connectivity index (χ2n) is 7.79. The number of nitrogens with one attached hydrogen (secondary N) is 3. The van der Waals surface area contributed by atoms with Gasteiger partial charge in [0, 0.05) is 12.2 Å². The summed E-state index contributed by atoms with van der Waals surface area (Å²) in [4.78, 5) is 60.2. The summed E-state index contributed by atoms with van der Waals surface area (Å²) in [5.41, 5.74) is 11.0. The first kappa shape index (κ1) is 28.7. The van der Waals surface area contributed by atoms with E-state index in [4.69, 9.17) is 16.6 Å². The minimum atomic E-state index is -1.26. The molecule has 0 rings (SSSR count). The molecule has 11 nitrogen and oxygen atoms in total. The normalized spacial score (nSPS) is 15.8. The lowest BCUT2D eigenvalue weighted by molar-refractivity contribution is -0.142. The predicted octanol–water partition coefficient (Wildman–Crippen LogP) is -1.25. The molecule has 0 aliphatic heterocycles. The first-order valence-corrected chi connectivity index (χ1v) is 10.8. The first-order chi connectivity index (χ1) is 14.3. The Morgan fingerprint density at radius 1 is 0.935 bits per heavy atom. The van der Waals surface area contributed by atoms with E-state index in [9.17, 15) is 24.0 Å². The van der Waals surface area contributed by atoms with Crippen LogP contribution in [-0.2, 0) is 24.0 Å². The fourth-order valence-corrected chi connectivity index (χ4v) is 2.78. The highest BCUT2D eigenvalue weighted by Gasteiger charge is 2.32. The van der Waals surface area contributed by atoms with Gasteiger partial charge in [-0.2, -0.15) is 12.6 Å². The molecule has 0 radical (unpaired) electrons. The number of carboxylic acid groups (broad SMARTS) is 1. The van der Waals surface area contributed by atoms with Crippen molar-refractivity contribution in [2.75, 3.05) is 5.75 Å². The van der Waals surface area contributed by atoms with E-state index in [0.29, 0.717) is 6.42 Å². The molecule has 8 N–H and O–H groups in total. The van der Waals surface area contributed by atoms with Crippen molar-refractivity contribution >= 4 is 42.2 Å². The molecule has 0 aromatic carbocycles. The topological polar surface area (TPSA) is 194 Å². The average molecular weight is 462 g/mol. The standard InChI is InChI=1S/C19H35N5O6S/c1-5-10(4)15(18(28)23-12(8-31)19(29)30)24-16(26)11(6-7-13(20)25)22-17(27)14(21)9(2)3/h9-12,14-15,31H,5-8,21H2,1-4H3,(H2,20,25)(H,22,27)(H,23,28)(H,24,26)(H,29,30). The van der Waals surface area contributed by atoms with E-state index in [1.165, 1.54) is 0 Å². The molecule has 0 fully saturated rings. The molecule has 4 amide bonds. The second kappa shape index (κ2) is 13.9. The highest BCUT2D eigenvalue weighted by atomic mass is 32.1. The molecule has 0 saturated heterocycles. The zero-order valence-electron chi connectivity index (χ0n) is 18.4. The molecule has 0 aromatic heterocycles. The maximum atomic E-state index is 12.9. The number of hydrogen-bond acceptors (Lipinski definition) is 7. The van der Waals surface area contributed by atoms with Gasteiger partial charge >= 0.3 is 5.97 Å². The summed E-state index contributed by atoms with van der Waals surface area (Å²) in [5.74, 6) is -4.55. The van der Waals surface area contributed by atoms with Crippen molar-refractivity contribution in [2.45, 2.75) is 71.1 Å². The summed E-state index contributed by atoms with van der Waals surface area (Å²) in [6, 6.07) is -4.31. The first-order valence-electron chi connectivity index (χ1n) is 10.1. The van der Waals surface area contributed by atoms with Crippen LogP contribution >= 0.6 is 12.6 Å². The minimum absolute atomic E-state index is 0.0824. The number of amides is 4. The number of carbonyl (C=O) groups is 5. The molecule has 31 heavy (non-hydrogen) atoms. The van der Waals surface area contributed by atoms with Crippen LogP contribution in [-0.4, -0.2) is 64.6 Å². The summed E-state index contributed by atoms with van der Waals surface area (Å²) < 4.78 is 0. The maximum absolute atomic E-state index is 12.9. The van der Waals surface area contributed by atoms with E-state index in [1.807, 2.05) is 0 Å². The maximum Gasteiger partial charge on any atom is 0.327 e. The van der Waals surface area contributed by atoms with Crippen LogP contribution in [0.3, 0.4) is 0 Å². The fraction of sp³-hybridized carbons (Fsp3) is 0.737. The highest BCUT2D eigenvalue weighted by molar-refractivity contribution is 7.80. The number of thiol groups is 1. The summed E-state index contributed by atoms with van der Waals surface area (Å²) in [6.07, 6.45) is 0.255. The van der Waals surface area contributed by atoms with Crippen molar-refractivity contribution in [2.24, 2.45) is 23.3 Å². The summed E-state index contributed by atoms with van der Waals surface area (Å²) in [7, 11) is 0. The molecule has 0 aliphatic rings. The lowest BCUT2D eigenvalue weighted by Crippen LogP contribution is -2.59. The van der Waals surface area contributed by atoms with Crippen molar-refractivity contribution in [1.29, 1.82) is 0 Å². The van der Waals surface area contributed by atoms with Crippen LogP contribution in [0.5, 0.6) is 0 Å². The van der Waals surface area contributed by atoms with Crippen molar-refractivity contribution < 1.29 is 29.1 Å². The van der Waals surface area contributed by atoms with Crippen LogP contribution < -0.4 is 27.4 Å². The largest absolute Gasteiger partial charge is 0.480 e. The number of nitrogens with two attached hydrogens (primary N) is 2. The van der Waals surface area contributed by atoms with Gasteiger partial charge in [0.05, 0.1) is 6.04 Å². The van der Waals surface area contributed by atoms with E-state index in [1.54, 1.807) is 27.7 Å². The Kier molecular flexibility index (Phi) is 12.8. The molecule has 0 aliphatic carbocycles. The quantitative estimate of drug-likeness (QED) is 0.157. The van der Waals surface area contributed by atoms with Crippen molar-refractivity contribution in [3.63, 3.8) is 0 Å². The Morgan fingerprint density at radius 2 is 1.48 bits per heavy atom. The number of aliphatic carboxylic acids is 1. The van der Waals surface area contributed by atoms with E-state index >= 15 is 0 Å². The third-order valence-electron chi connectivity index (χ3n) is 4.92. The molecular formula is C19H35N5O6S. The van der Waals surface area contributed by atoms with Crippen LogP contribution in [0.1, 0.15) is 47.0 Å². The molecule has 0 aromatic rings. The third-order valence-corrected chi connectivity index (χ3v) is 5.29. The smallest absolute Gasteiger partial charge is 0.327 e. The van der Waals surface area contributed by atoms with Crippen molar-refractivity contribution in [3.8, 4) is 0 Å². The molecule has 0 saturated carbocycles. The van der Waals surface area contributed by atoms with Crippen LogP contribution in [0, 0.1) is 11.8 Å². The number of carboxylic acids is 1. The van der Waals surface area contributed by atoms with Gasteiger partial charge in [0.15, 0.2) is 0 Å². The zero-order valence-corrected chi connectivity index (χ0v) is 19.3. The van der Waals surface area contributed by atoms with Gasteiger partial charge in [-0.15, -0.1) is 0 Å². The molecule has 5 atom stereocenters. The predicted molar refractivity (Wildman–Crippen MR) is 118 cm³/mol. The van der Waals surface area contributed by atoms with Gasteiger partial charge in [-0.3, -0.25) is 19.2 Å². The molecule has 178 valence electrons. The van der Waals surface area contributed by atoms with Gasteiger partial charge in [-0.1, -0.05) is 34.1 Å². The lowest BCUT2D eigenvalue weighted by Gasteiger charge is -2.28. The van der Waals surface area contributed by atoms with Crippen LogP contribution in [0.15, 0.2) is 0 Å². The van der Waals surface area contributed by atoms with Gasteiger partial charge in [-0.25, -0.2) is 4.79 Å². The van der Waals surface area contributed by atoms with Gasteiger partial charge in [0.1, 0.15) is 18.1 Å². The third kappa shape index (κ3) is 10.0. The Labute approximate surface area is 187 Å². The Bertz CT molecular complexity index is 660. The monoisotopic (exact) mass is 461 g/mol. The molecular weight excluding hydrogens is 426 g/mol. The lowest BCUT2D eigenvalue weighted by atomic mass is 9.97. The van der Waals surface area contributed by atoms with Crippen molar-refractivity contribution in [3.05, 3.63) is 0 Å². The number of hydrogen-bond donors (Lipinski definition) is 7. The average Bonchev–Trinajstić information content (AvgIpc) is 2.70. The van der Waals surface area contributed by atoms with E-state index in [2.05, 4.69) is 28.6 Å². The minimum Gasteiger partial charge on any atom is -0.480 e. The summed E-state index contributed by atoms with van der Waals surface area (Å²) >= 11 is 3.91. The highest BCUT2D eigenvalue weighted by Crippen LogP contribution is 2.10. The van der Waals surface area contributed by atoms with E-state index < -0.39 is 53.8 Å². The van der Waals surface area contributed by atoms with Crippen LogP contribution in [0.4, 0.5) is 0 Å². The fourth-order valence-electron chi connectivity index (χ4n) is 2.53. The van der Waals surface area contributed by atoms with E-state index in [0.717, 1.165) is 0 Å². The van der Waals surface area contributed by atoms with Gasteiger partial charge < -0.3 is 32.5 Å². The van der Waals surface area contributed by atoms with Gasteiger partial charge in [0.25, 0.3) is 0 Å². The number of rotatable bonds is 14. The van der Waals surface area contributed by atoms with Crippen LogP contribution in [0.25, 0.3) is 0 Å². The number of primary amides is 1. The summed E-state index contributed by atoms with van der Waals surface area (Å²) in [5, 5.41) is 16.5. The SMILES string of the molecule is CCC(C)C(NC(=O)C(CCC(N)=O)NC(=O)C(N)C(C)C)C(=O)NC(CS)C(=O)O. The second-order valence-corrected chi connectivity index (χ2v) is 8.15. The van der Waals surface area contributed by atoms with Crippen LogP contribution in [0.2, 0.25) is 0 Å². The summed E-state index contributed by atoms with van der Waals surface area (Å²) in [6.45, 7) is 7.00. The Morgan fingerprint density at radius 3 is 1.90 bits per heavy atom. The molecule has 12 heteroatoms. The van der Waals surface area contributed by atoms with Crippen molar-refractivity contribution in [1.82, 2.24) is 16.0 Å². The molecule has 0 heterocycles. The Balaban J connectivity index is 5.54. The van der Waals surface area contributed by atoms with E-state index in [-0.39, 0.29) is 30.4 Å². The number of carbonyl (C=O) groups excluding carboxylic acids is 4.